The summed E-state index contributed by atoms with van der Waals surface area (Å²) in [5, 5.41) is 0. The number of hydrogen-bond donors (Lipinski definition) is 1. The average Bonchev–Trinajstić information content (AvgIpc) is 3.13. The molecule has 1 N–H and O–H groups in total. The predicted octanol–water partition coefficient (Wildman–Crippen LogP) is -0.287. The van der Waals surface area contributed by atoms with Gasteiger partial charge < -0.3 is 19.1 Å². The van der Waals surface area contributed by atoms with Gasteiger partial charge >= 0.3 is 0 Å². The van der Waals surface area contributed by atoms with Crippen LogP contribution >= 0.6 is 11.6 Å². The van der Waals surface area contributed by atoms with Crippen LogP contribution < -0.4 is 9.80 Å². The molecule has 23 heavy (non-hydrogen) atoms. The molecule has 124 valence electrons. The van der Waals surface area contributed by atoms with Gasteiger partial charge in [0.2, 0.25) is 0 Å². The van der Waals surface area contributed by atoms with Crippen molar-refractivity contribution in [2.45, 2.75) is 11.9 Å². The Kier molecular flexibility index (Phi) is 4.03. The monoisotopic (exact) mass is 339 g/mol. The number of quaternary nitrogens is 1. The van der Waals surface area contributed by atoms with E-state index in [2.05, 4.69) is 0 Å². The minimum Gasteiger partial charge on any atom is -0.370 e. The van der Waals surface area contributed by atoms with Crippen LogP contribution in [-0.4, -0.2) is 57.5 Å². The van der Waals surface area contributed by atoms with Gasteiger partial charge in [0.25, 0.3) is 11.7 Å². The van der Waals surface area contributed by atoms with Crippen molar-refractivity contribution in [1.29, 1.82) is 0 Å². The van der Waals surface area contributed by atoms with Crippen molar-refractivity contribution in [3.05, 3.63) is 29.8 Å². The SMILES string of the molecule is O=C1N(C[NH+]2CCOCC2)c2ccccc2[C@]12OC[C@H](CCl)O2. The number of amides is 1. The molecule has 3 aliphatic rings. The minimum absolute atomic E-state index is 0.148. The zero-order chi connectivity index (χ0) is 15.9. The molecule has 0 bridgehead atoms. The van der Waals surface area contributed by atoms with Gasteiger partial charge in [0.15, 0.2) is 6.67 Å². The summed E-state index contributed by atoms with van der Waals surface area (Å²) in [6, 6.07) is 7.68. The van der Waals surface area contributed by atoms with E-state index in [0.29, 0.717) is 19.2 Å². The van der Waals surface area contributed by atoms with Crippen LogP contribution in [0.1, 0.15) is 5.56 Å². The second kappa shape index (κ2) is 6.03. The molecule has 1 aromatic carbocycles. The van der Waals surface area contributed by atoms with Crippen molar-refractivity contribution in [3.63, 3.8) is 0 Å². The quantitative estimate of drug-likeness (QED) is 0.769. The largest absolute Gasteiger partial charge is 0.370 e. The third-order valence-electron chi connectivity index (χ3n) is 4.63. The van der Waals surface area contributed by atoms with Crippen LogP contribution in [0.5, 0.6) is 0 Å². The maximum atomic E-state index is 13.1. The van der Waals surface area contributed by atoms with E-state index in [4.69, 9.17) is 25.8 Å². The summed E-state index contributed by atoms with van der Waals surface area (Å²) in [6.45, 7) is 4.17. The molecule has 2 fully saturated rings. The molecule has 6 nitrogen and oxygen atoms in total. The number of para-hydroxylation sites is 1. The van der Waals surface area contributed by atoms with Crippen LogP contribution in [0.4, 0.5) is 5.69 Å². The van der Waals surface area contributed by atoms with Crippen molar-refractivity contribution < 1.29 is 23.9 Å². The molecule has 4 rings (SSSR count). The lowest BCUT2D eigenvalue weighted by molar-refractivity contribution is -0.906. The summed E-state index contributed by atoms with van der Waals surface area (Å²) < 4.78 is 17.2. The van der Waals surface area contributed by atoms with E-state index in [9.17, 15) is 4.79 Å². The van der Waals surface area contributed by atoms with E-state index >= 15 is 0 Å². The Morgan fingerprint density at radius 2 is 2.09 bits per heavy atom. The van der Waals surface area contributed by atoms with Crippen molar-refractivity contribution in [2.24, 2.45) is 0 Å². The van der Waals surface area contributed by atoms with Crippen LogP contribution in [0.25, 0.3) is 0 Å². The number of benzene rings is 1. The first-order valence-electron chi connectivity index (χ1n) is 7.95. The van der Waals surface area contributed by atoms with Crippen LogP contribution in [0.2, 0.25) is 0 Å². The van der Waals surface area contributed by atoms with Crippen LogP contribution in [0, 0.1) is 0 Å². The maximum absolute atomic E-state index is 13.1. The highest BCUT2D eigenvalue weighted by Gasteiger charge is 2.58. The minimum atomic E-state index is -1.32. The summed E-state index contributed by atoms with van der Waals surface area (Å²) >= 11 is 5.89. The zero-order valence-electron chi connectivity index (χ0n) is 12.8. The number of morpholine rings is 1. The summed E-state index contributed by atoms with van der Waals surface area (Å²) in [6.07, 6.45) is -0.260. The Morgan fingerprint density at radius 1 is 1.30 bits per heavy atom. The smallest absolute Gasteiger partial charge is 0.296 e. The number of nitrogens with zero attached hydrogens (tertiary/aromatic N) is 1. The fourth-order valence-corrected chi connectivity index (χ4v) is 3.58. The van der Waals surface area contributed by atoms with Gasteiger partial charge in [0.05, 0.1) is 37.5 Å². The molecule has 1 spiro atoms. The molecule has 0 unspecified atom stereocenters. The standard InChI is InChI=1S/C16H19ClN2O4/c17-9-12-10-22-16(23-12)13-3-1-2-4-14(13)19(15(16)20)11-18-5-7-21-8-6-18/h1-4,12H,5-11H2/p+1/t12-,16+/m0/s1. The Hall–Kier alpha value is -1.18. The Morgan fingerprint density at radius 3 is 2.83 bits per heavy atom. The molecule has 0 aromatic heterocycles. The maximum Gasteiger partial charge on any atom is 0.296 e. The lowest BCUT2D eigenvalue weighted by atomic mass is 10.1. The summed E-state index contributed by atoms with van der Waals surface area (Å²) in [4.78, 5) is 16.2. The van der Waals surface area contributed by atoms with Gasteiger partial charge in [-0.3, -0.25) is 9.69 Å². The topological polar surface area (TPSA) is 52.4 Å². The Balaban J connectivity index is 1.65. The molecular weight excluding hydrogens is 320 g/mol. The zero-order valence-corrected chi connectivity index (χ0v) is 13.6. The molecule has 3 heterocycles. The van der Waals surface area contributed by atoms with Gasteiger partial charge in [0, 0.05) is 5.56 Å². The number of rotatable bonds is 3. The van der Waals surface area contributed by atoms with Gasteiger partial charge in [0.1, 0.15) is 13.1 Å². The van der Waals surface area contributed by atoms with Crippen molar-refractivity contribution in [2.75, 3.05) is 50.4 Å². The van der Waals surface area contributed by atoms with Crippen molar-refractivity contribution in [3.8, 4) is 0 Å². The first-order valence-corrected chi connectivity index (χ1v) is 8.48. The van der Waals surface area contributed by atoms with E-state index in [1.54, 1.807) is 4.90 Å². The van der Waals surface area contributed by atoms with Crippen molar-refractivity contribution >= 4 is 23.2 Å². The third kappa shape index (κ3) is 2.45. The number of carbonyl (C=O) groups is 1. The molecule has 0 aliphatic carbocycles. The van der Waals surface area contributed by atoms with Crippen LogP contribution in [-0.2, 0) is 24.8 Å². The molecular formula is C16H20ClN2O4+. The highest BCUT2D eigenvalue weighted by atomic mass is 35.5. The summed E-state index contributed by atoms with van der Waals surface area (Å²) in [5.74, 6) is -1.15. The van der Waals surface area contributed by atoms with E-state index in [1.165, 1.54) is 4.90 Å². The van der Waals surface area contributed by atoms with Crippen LogP contribution in [0.15, 0.2) is 24.3 Å². The van der Waals surface area contributed by atoms with Gasteiger partial charge in [-0.1, -0.05) is 18.2 Å². The molecule has 1 amide bonds. The number of nitrogens with one attached hydrogen (secondary N) is 1. The van der Waals surface area contributed by atoms with Gasteiger partial charge in [-0.15, -0.1) is 11.6 Å². The van der Waals surface area contributed by atoms with E-state index in [0.717, 1.165) is 37.6 Å². The highest BCUT2D eigenvalue weighted by molar-refractivity contribution is 6.18. The van der Waals surface area contributed by atoms with Gasteiger partial charge in [-0.05, 0) is 6.07 Å². The molecule has 1 aromatic rings. The molecule has 2 saturated heterocycles. The number of halogens is 1. The summed E-state index contributed by atoms with van der Waals surface area (Å²) in [7, 11) is 0. The lowest BCUT2D eigenvalue weighted by Crippen LogP contribution is -3.15. The number of ether oxygens (including phenoxy) is 3. The first-order chi connectivity index (χ1) is 11.2. The Labute approximate surface area is 139 Å². The molecule has 0 saturated carbocycles. The number of alkyl halides is 1. The molecule has 3 aliphatic heterocycles. The van der Waals surface area contributed by atoms with Crippen molar-refractivity contribution in [1.82, 2.24) is 0 Å². The van der Waals surface area contributed by atoms with E-state index < -0.39 is 5.79 Å². The Bertz CT molecular complexity index is 607. The fraction of sp³-hybridized carbons (Fsp3) is 0.562. The predicted molar refractivity (Wildman–Crippen MR) is 83.5 cm³/mol. The number of hydrogen-bond acceptors (Lipinski definition) is 4. The molecule has 2 atom stereocenters. The first kappa shape index (κ1) is 15.4. The average molecular weight is 340 g/mol. The van der Waals surface area contributed by atoms with Gasteiger partial charge in [-0.25, -0.2) is 0 Å². The second-order valence-electron chi connectivity index (χ2n) is 6.09. The fourth-order valence-electron chi connectivity index (χ4n) is 3.43. The van der Waals surface area contributed by atoms with Crippen LogP contribution in [0.3, 0.4) is 0 Å². The highest BCUT2D eigenvalue weighted by Crippen LogP contribution is 2.46. The van der Waals surface area contributed by atoms with E-state index in [1.807, 2.05) is 24.3 Å². The van der Waals surface area contributed by atoms with E-state index in [-0.39, 0.29) is 12.0 Å². The summed E-state index contributed by atoms with van der Waals surface area (Å²) in [5.41, 5.74) is 1.65. The second-order valence-corrected chi connectivity index (χ2v) is 6.40. The third-order valence-corrected chi connectivity index (χ3v) is 4.98. The lowest BCUT2D eigenvalue weighted by Gasteiger charge is -2.29. The number of fused-ring (bicyclic) bond motifs is 2. The normalized spacial score (nSPS) is 31.1. The molecule has 7 heteroatoms. The van der Waals surface area contributed by atoms with Gasteiger partial charge in [-0.2, -0.15) is 0 Å². The number of anilines is 1. The number of carbonyl (C=O) groups excluding carboxylic acids is 1. The molecule has 0 radical (unpaired) electrons.